The molecule has 0 aromatic heterocycles. The van der Waals surface area contributed by atoms with Gasteiger partial charge < -0.3 is 9.84 Å². The van der Waals surface area contributed by atoms with Crippen molar-refractivity contribution in [3.05, 3.63) is 37.6 Å². The molecule has 0 rings (SSSR count). The van der Waals surface area contributed by atoms with Crippen molar-refractivity contribution in [2.75, 3.05) is 0 Å². The van der Waals surface area contributed by atoms with Crippen LogP contribution in [0.15, 0.2) is 37.6 Å². The third-order valence-electron chi connectivity index (χ3n) is 0.568. The normalized spacial score (nSPS) is 8.08. The second kappa shape index (κ2) is 10.2. The fraction of sp³-hybridized carbons (Fsp3) is 0.111. The Morgan fingerprint density at radius 1 is 1.38 bits per heavy atom. The molecule has 0 aromatic carbocycles. The second-order valence-electron chi connectivity index (χ2n) is 1.72. The summed E-state index contributed by atoms with van der Waals surface area (Å²) in [5.74, 6) is -1.27. The number of hydrogen-bond donors (Lipinski definition) is 1. The Morgan fingerprint density at radius 2 is 1.85 bits per heavy atom. The van der Waals surface area contributed by atoms with Crippen molar-refractivity contribution in [2.45, 2.75) is 6.92 Å². The molecule has 0 fully saturated rings. The number of aliphatic carboxylic acids is 1. The highest BCUT2D eigenvalue weighted by atomic mass is 16.5. The van der Waals surface area contributed by atoms with E-state index < -0.39 is 11.9 Å². The zero-order valence-corrected chi connectivity index (χ0v) is 7.40. The Labute approximate surface area is 76.8 Å². The van der Waals surface area contributed by atoms with Gasteiger partial charge in [-0.05, 0) is 0 Å². The van der Waals surface area contributed by atoms with Crippen LogP contribution in [0.3, 0.4) is 0 Å². The maximum atomic E-state index is 10.4. The molecule has 13 heavy (non-hydrogen) atoms. The molecule has 4 heteroatoms. The van der Waals surface area contributed by atoms with Crippen molar-refractivity contribution in [3.63, 3.8) is 0 Å². The van der Waals surface area contributed by atoms with E-state index in [0.29, 0.717) is 0 Å². The quantitative estimate of drug-likeness (QED) is 0.312. The van der Waals surface area contributed by atoms with Crippen molar-refractivity contribution in [3.8, 4) is 0 Å². The van der Waals surface area contributed by atoms with Gasteiger partial charge in [-0.1, -0.05) is 25.3 Å². The number of allylic oxidation sites excluding steroid dienone is 2. The molecule has 0 spiro atoms. The molecular weight excluding hydrogens is 172 g/mol. The van der Waals surface area contributed by atoms with Crippen molar-refractivity contribution >= 4 is 11.9 Å². The average Bonchev–Trinajstić information content (AvgIpc) is 2.00. The molecule has 0 aliphatic rings. The van der Waals surface area contributed by atoms with Gasteiger partial charge in [0.2, 0.25) is 0 Å². The molecule has 0 radical (unpaired) electrons. The summed E-state index contributed by atoms with van der Waals surface area (Å²) in [5, 5.41) is 7.42. The Morgan fingerprint density at radius 3 is 2.15 bits per heavy atom. The lowest BCUT2D eigenvalue weighted by atomic mass is 10.5. The van der Waals surface area contributed by atoms with Gasteiger partial charge in [-0.15, -0.1) is 0 Å². The molecule has 0 saturated heterocycles. The van der Waals surface area contributed by atoms with Crippen LogP contribution in [0.2, 0.25) is 0 Å². The topological polar surface area (TPSA) is 63.6 Å². The van der Waals surface area contributed by atoms with Crippen LogP contribution in [-0.2, 0) is 14.3 Å². The van der Waals surface area contributed by atoms with Crippen molar-refractivity contribution in [2.24, 2.45) is 0 Å². The number of carbonyl (C=O) groups excluding carboxylic acids is 1. The number of rotatable bonds is 3. The SMILES string of the molecule is C=CC=CC(=O)OC=C.CC(=O)O. The van der Waals surface area contributed by atoms with Gasteiger partial charge in [-0.25, -0.2) is 4.79 Å². The van der Waals surface area contributed by atoms with E-state index >= 15 is 0 Å². The highest BCUT2D eigenvalue weighted by Crippen LogP contribution is 1.80. The van der Waals surface area contributed by atoms with E-state index in [9.17, 15) is 4.79 Å². The van der Waals surface area contributed by atoms with Gasteiger partial charge in [-0.3, -0.25) is 4.79 Å². The van der Waals surface area contributed by atoms with Crippen LogP contribution in [0.5, 0.6) is 0 Å². The highest BCUT2D eigenvalue weighted by molar-refractivity contribution is 5.82. The van der Waals surface area contributed by atoms with E-state index in [2.05, 4.69) is 17.9 Å². The van der Waals surface area contributed by atoms with Gasteiger partial charge in [0.25, 0.3) is 5.97 Å². The molecule has 0 aromatic rings. The number of ether oxygens (including phenoxy) is 1. The van der Waals surface area contributed by atoms with Crippen LogP contribution in [0.1, 0.15) is 6.92 Å². The molecular formula is C9H12O4. The summed E-state index contributed by atoms with van der Waals surface area (Å²) in [6.07, 6.45) is 5.32. The average molecular weight is 184 g/mol. The highest BCUT2D eigenvalue weighted by Gasteiger charge is 1.87. The molecule has 1 N–H and O–H groups in total. The molecule has 0 aliphatic heterocycles. The monoisotopic (exact) mass is 184 g/mol. The third-order valence-corrected chi connectivity index (χ3v) is 0.568. The summed E-state index contributed by atoms with van der Waals surface area (Å²) in [4.78, 5) is 19.4. The zero-order valence-electron chi connectivity index (χ0n) is 7.40. The van der Waals surface area contributed by atoms with E-state index in [1.165, 1.54) is 18.2 Å². The lowest BCUT2D eigenvalue weighted by Crippen LogP contribution is -1.91. The predicted octanol–water partition coefficient (Wildman–Crippen LogP) is 1.51. The van der Waals surface area contributed by atoms with Crippen LogP contribution in [0.4, 0.5) is 0 Å². The molecule has 0 aliphatic carbocycles. The minimum atomic E-state index is -0.833. The van der Waals surface area contributed by atoms with Gasteiger partial charge in [-0.2, -0.15) is 0 Å². The number of hydrogen-bond acceptors (Lipinski definition) is 3. The Kier molecular flexibility index (Phi) is 10.7. The zero-order chi connectivity index (χ0) is 10.7. The summed E-state index contributed by atoms with van der Waals surface area (Å²) in [6, 6.07) is 0. The smallest absolute Gasteiger partial charge is 0.335 e. The minimum absolute atomic E-state index is 0.440. The maximum Gasteiger partial charge on any atom is 0.335 e. The molecule has 0 unspecified atom stereocenters. The summed E-state index contributed by atoms with van der Waals surface area (Å²) in [6.45, 7) is 7.66. The lowest BCUT2D eigenvalue weighted by molar-refractivity contribution is -0.134. The van der Waals surface area contributed by atoms with E-state index in [4.69, 9.17) is 9.90 Å². The van der Waals surface area contributed by atoms with Crippen LogP contribution >= 0.6 is 0 Å². The summed E-state index contributed by atoms with van der Waals surface area (Å²) >= 11 is 0. The van der Waals surface area contributed by atoms with Gasteiger partial charge in [0.05, 0.1) is 6.26 Å². The van der Waals surface area contributed by atoms with E-state index in [0.717, 1.165) is 13.2 Å². The molecule has 4 nitrogen and oxygen atoms in total. The fourth-order valence-electron chi connectivity index (χ4n) is 0.268. The van der Waals surface area contributed by atoms with Gasteiger partial charge in [0, 0.05) is 13.0 Å². The first-order chi connectivity index (χ1) is 6.04. The summed E-state index contributed by atoms with van der Waals surface area (Å²) in [7, 11) is 0. The van der Waals surface area contributed by atoms with Crippen LogP contribution in [0, 0.1) is 0 Å². The second-order valence-corrected chi connectivity index (χ2v) is 1.72. The van der Waals surface area contributed by atoms with Crippen molar-refractivity contribution in [1.29, 1.82) is 0 Å². The Hall–Kier alpha value is -1.84. The maximum absolute atomic E-state index is 10.4. The third kappa shape index (κ3) is 25.4. The largest absolute Gasteiger partial charge is 0.481 e. The number of esters is 1. The van der Waals surface area contributed by atoms with E-state index in [1.807, 2.05) is 0 Å². The molecule has 0 bridgehead atoms. The van der Waals surface area contributed by atoms with Gasteiger partial charge >= 0.3 is 5.97 Å². The Bertz CT molecular complexity index is 212. The summed E-state index contributed by atoms with van der Waals surface area (Å²) in [5.41, 5.74) is 0. The minimum Gasteiger partial charge on any atom is -0.481 e. The number of carbonyl (C=O) groups is 2. The lowest BCUT2D eigenvalue weighted by Gasteiger charge is -1.86. The first-order valence-electron chi connectivity index (χ1n) is 3.34. The number of carboxylic acids is 1. The molecule has 0 amide bonds. The van der Waals surface area contributed by atoms with Gasteiger partial charge in [0.1, 0.15) is 0 Å². The molecule has 72 valence electrons. The number of carboxylic acid groups (broad SMARTS) is 1. The van der Waals surface area contributed by atoms with Crippen molar-refractivity contribution < 1.29 is 19.4 Å². The first-order valence-corrected chi connectivity index (χ1v) is 3.34. The van der Waals surface area contributed by atoms with E-state index in [1.54, 1.807) is 0 Å². The standard InChI is InChI=1S/C7H8O2.C2H4O2/c1-3-5-6-7(8)9-4-2;1-2(3)4/h3-6H,1-2H2;1H3,(H,3,4). The molecule has 0 saturated carbocycles. The summed E-state index contributed by atoms with van der Waals surface area (Å²) < 4.78 is 4.33. The van der Waals surface area contributed by atoms with Crippen LogP contribution < -0.4 is 0 Å². The molecule has 0 heterocycles. The van der Waals surface area contributed by atoms with Crippen LogP contribution in [-0.4, -0.2) is 17.0 Å². The molecule has 0 atom stereocenters. The predicted molar refractivity (Wildman–Crippen MR) is 48.9 cm³/mol. The Balaban J connectivity index is 0. The van der Waals surface area contributed by atoms with Crippen molar-refractivity contribution in [1.82, 2.24) is 0 Å². The first kappa shape index (κ1) is 13.7. The fourth-order valence-corrected chi connectivity index (χ4v) is 0.268. The van der Waals surface area contributed by atoms with Crippen LogP contribution in [0.25, 0.3) is 0 Å². The van der Waals surface area contributed by atoms with Gasteiger partial charge in [0.15, 0.2) is 0 Å². The van der Waals surface area contributed by atoms with E-state index in [-0.39, 0.29) is 0 Å².